The van der Waals surface area contributed by atoms with E-state index in [1.807, 2.05) is 48.5 Å². The first-order valence-corrected chi connectivity index (χ1v) is 6.97. The Morgan fingerprint density at radius 3 is 2.62 bits per heavy atom. The van der Waals surface area contributed by atoms with Gasteiger partial charge in [0.05, 0.1) is 0 Å². The minimum Gasteiger partial charge on any atom is -0.385 e. The van der Waals surface area contributed by atoms with E-state index in [1.54, 1.807) is 11.0 Å². The fourth-order valence-corrected chi connectivity index (χ4v) is 2.67. The van der Waals surface area contributed by atoms with Crippen LogP contribution >= 0.6 is 11.6 Å². The van der Waals surface area contributed by atoms with Gasteiger partial charge in [0.25, 0.3) is 0 Å². The maximum absolute atomic E-state index is 12.1. The van der Waals surface area contributed by atoms with Crippen LogP contribution in [-0.2, 0) is 6.54 Å². The summed E-state index contributed by atoms with van der Waals surface area (Å²) in [6.45, 7) is 0.459. The van der Waals surface area contributed by atoms with Gasteiger partial charge in [0.15, 0.2) is 0 Å². The molecule has 1 atom stereocenters. The van der Waals surface area contributed by atoms with Crippen molar-refractivity contribution < 1.29 is 4.79 Å². The molecule has 0 aliphatic carbocycles. The Labute approximate surface area is 127 Å². The van der Waals surface area contributed by atoms with Gasteiger partial charge in [-0.05, 0) is 23.3 Å². The van der Waals surface area contributed by atoms with Crippen LogP contribution in [0.3, 0.4) is 0 Å². The second-order valence-electron chi connectivity index (χ2n) is 4.89. The molecular weight excluding hydrogens is 286 g/mol. The Hall–Kier alpha value is -2.33. The van der Waals surface area contributed by atoms with Gasteiger partial charge in [-0.15, -0.1) is 0 Å². The summed E-state index contributed by atoms with van der Waals surface area (Å²) in [6, 6.07) is 16.4. The van der Waals surface area contributed by atoms with Crippen molar-refractivity contribution in [3.05, 3.63) is 70.7 Å². The zero-order valence-corrected chi connectivity index (χ0v) is 12.0. The third kappa shape index (κ3) is 2.76. The number of amides is 2. The highest BCUT2D eigenvalue weighted by Crippen LogP contribution is 2.29. The predicted octanol–water partition coefficient (Wildman–Crippen LogP) is 3.37. The number of halogens is 1. The van der Waals surface area contributed by atoms with Crippen LogP contribution in [0.15, 0.2) is 59.6 Å². The van der Waals surface area contributed by atoms with E-state index in [0.717, 1.165) is 11.1 Å². The Balaban J connectivity index is 1.93. The first-order valence-electron chi connectivity index (χ1n) is 6.59. The summed E-state index contributed by atoms with van der Waals surface area (Å²) in [5.41, 5.74) is 7.84. The molecule has 4 nitrogen and oxygen atoms in total. The molecule has 0 aromatic heterocycles. The van der Waals surface area contributed by atoms with Crippen molar-refractivity contribution >= 4 is 23.5 Å². The molecule has 0 saturated carbocycles. The van der Waals surface area contributed by atoms with Crippen molar-refractivity contribution in [2.75, 3.05) is 0 Å². The molecule has 106 valence electrons. The van der Waals surface area contributed by atoms with Gasteiger partial charge < -0.3 is 10.6 Å². The van der Waals surface area contributed by atoms with Crippen LogP contribution in [0.2, 0.25) is 5.02 Å². The molecule has 2 N–H and O–H groups in total. The number of carbonyl (C=O) groups excluding carboxylic acids is 1. The second-order valence-corrected chi connectivity index (χ2v) is 5.33. The van der Waals surface area contributed by atoms with Gasteiger partial charge in [0.2, 0.25) is 0 Å². The van der Waals surface area contributed by atoms with Crippen LogP contribution in [0.4, 0.5) is 4.79 Å². The third-order valence-corrected chi connectivity index (χ3v) is 3.66. The number of nitrogens with zero attached hydrogens (tertiary/aromatic N) is 2. The Morgan fingerprint density at radius 1 is 1.14 bits per heavy atom. The number of nitrogens with two attached hydrogens (primary N) is 1. The summed E-state index contributed by atoms with van der Waals surface area (Å²) in [6.07, 6.45) is 0. The lowest BCUT2D eigenvalue weighted by molar-refractivity contribution is 0.204. The molecule has 2 aromatic carbocycles. The summed E-state index contributed by atoms with van der Waals surface area (Å²) in [5, 5.41) is 0.610. The smallest absolute Gasteiger partial charge is 0.346 e. The lowest BCUT2D eigenvalue weighted by Gasteiger charge is -2.24. The van der Waals surface area contributed by atoms with Crippen molar-refractivity contribution in [3.63, 3.8) is 0 Å². The summed E-state index contributed by atoms with van der Waals surface area (Å²) in [5.74, 6) is 0.304. The Morgan fingerprint density at radius 2 is 1.90 bits per heavy atom. The predicted molar refractivity (Wildman–Crippen MR) is 83.2 cm³/mol. The molecule has 21 heavy (non-hydrogen) atoms. The van der Waals surface area contributed by atoms with E-state index < -0.39 is 0 Å². The van der Waals surface area contributed by atoms with Crippen LogP contribution in [-0.4, -0.2) is 16.8 Å². The van der Waals surface area contributed by atoms with E-state index >= 15 is 0 Å². The van der Waals surface area contributed by atoms with E-state index in [9.17, 15) is 4.79 Å². The highest BCUT2D eigenvalue weighted by molar-refractivity contribution is 6.30. The van der Waals surface area contributed by atoms with Crippen molar-refractivity contribution in [2.24, 2.45) is 10.7 Å². The largest absolute Gasteiger partial charge is 0.385 e. The lowest BCUT2D eigenvalue weighted by Crippen LogP contribution is -2.32. The summed E-state index contributed by atoms with van der Waals surface area (Å²) in [7, 11) is 0. The Bertz CT molecular complexity index is 700. The first-order chi connectivity index (χ1) is 10.1. The fourth-order valence-electron chi connectivity index (χ4n) is 2.47. The normalized spacial score (nSPS) is 18.0. The molecule has 1 unspecified atom stereocenters. The van der Waals surface area contributed by atoms with Gasteiger partial charge in [-0.1, -0.05) is 54.1 Å². The van der Waals surface area contributed by atoms with Crippen LogP contribution in [0.1, 0.15) is 17.2 Å². The number of carbonyl (C=O) groups is 1. The van der Waals surface area contributed by atoms with Crippen molar-refractivity contribution in [2.45, 2.75) is 12.6 Å². The minimum absolute atomic E-state index is 0.304. The summed E-state index contributed by atoms with van der Waals surface area (Å²) in [4.78, 5) is 17.6. The van der Waals surface area contributed by atoms with Crippen molar-refractivity contribution in [3.8, 4) is 0 Å². The molecular formula is C16H14ClN3O. The van der Waals surface area contributed by atoms with Gasteiger partial charge in [-0.3, -0.25) is 0 Å². The van der Waals surface area contributed by atoms with Crippen LogP contribution in [0.25, 0.3) is 0 Å². The maximum atomic E-state index is 12.1. The van der Waals surface area contributed by atoms with Gasteiger partial charge in [0.1, 0.15) is 11.9 Å². The average Bonchev–Trinajstić information content (AvgIpc) is 2.74. The number of hydrogen-bond acceptors (Lipinski definition) is 2. The van der Waals surface area contributed by atoms with Crippen LogP contribution < -0.4 is 5.73 Å². The van der Waals surface area contributed by atoms with E-state index in [0.29, 0.717) is 17.4 Å². The maximum Gasteiger partial charge on any atom is 0.346 e. The highest BCUT2D eigenvalue weighted by Gasteiger charge is 2.34. The quantitative estimate of drug-likeness (QED) is 0.944. The van der Waals surface area contributed by atoms with Crippen LogP contribution in [0.5, 0.6) is 0 Å². The molecule has 3 rings (SSSR count). The molecule has 2 aromatic rings. The molecule has 5 heteroatoms. The molecule has 2 amide bonds. The molecule has 1 aliphatic heterocycles. The first kappa shape index (κ1) is 13.6. The monoisotopic (exact) mass is 299 g/mol. The topological polar surface area (TPSA) is 58.7 Å². The van der Waals surface area contributed by atoms with E-state index in [1.165, 1.54) is 0 Å². The zero-order valence-electron chi connectivity index (χ0n) is 11.2. The molecule has 1 aliphatic rings. The van der Waals surface area contributed by atoms with E-state index in [-0.39, 0.29) is 12.1 Å². The minimum atomic E-state index is -0.364. The average molecular weight is 300 g/mol. The SMILES string of the molecule is NC1=NC(=O)N(Cc2ccccc2)C1c1cccc(Cl)c1. The molecule has 0 bridgehead atoms. The second kappa shape index (κ2) is 5.58. The molecule has 1 heterocycles. The number of benzene rings is 2. The molecule has 0 fully saturated rings. The fraction of sp³-hybridized carbons (Fsp3) is 0.125. The molecule has 0 spiro atoms. The highest BCUT2D eigenvalue weighted by atomic mass is 35.5. The van der Waals surface area contributed by atoms with Gasteiger partial charge in [-0.25, -0.2) is 4.79 Å². The van der Waals surface area contributed by atoms with E-state index in [2.05, 4.69) is 4.99 Å². The zero-order chi connectivity index (χ0) is 14.8. The summed E-state index contributed by atoms with van der Waals surface area (Å²) >= 11 is 6.03. The van der Waals surface area contributed by atoms with Gasteiger partial charge in [-0.2, -0.15) is 4.99 Å². The Kier molecular flexibility index (Phi) is 3.62. The van der Waals surface area contributed by atoms with Gasteiger partial charge >= 0.3 is 6.03 Å². The number of urea groups is 1. The molecule has 0 radical (unpaired) electrons. The van der Waals surface area contributed by atoms with Crippen molar-refractivity contribution in [1.82, 2.24) is 4.90 Å². The third-order valence-electron chi connectivity index (χ3n) is 3.42. The number of hydrogen-bond donors (Lipinski definition) is 1. The lowest BCUT2D eigenvalue weighted by atomic mass is 10.0. The van der Waals surface area contributed by atoms with Gasteiger partial charge in [0, 0.05) is 11.6 Å². The summed E-state index contributed by atoms with van der Waals surface area (Å²) < 4.78 is 0. The number of rotatable bonds is 3. The van der Waals surface area contributed by atoms with E-state index in [4.69, 9.17) is 17.3 Å². The van der Waals surface area contributed by atoms with Crippen LogP contribution in [0, 0.1) is 0 Å². The number of amidine groups is 1. The molecule has 0 saturated heterocycles. The van der Waals surface area contributed by atoms with Crippen molar-refractivity contribution in [1.29, 1.82) is 0 Å². The number of aliphatic imine (C=N–C) groups is 1. The standard InChI is InChI=1S/C16H14ClN3O/c17-13-8-4-7-12(9-13)14-15(18)19-16(21)20(14)10-11-5-2-1-3-6-11/h1-9,14H,10H2,(H2,18,19,21).